The molecule has 1 heterocycles. The molecular weight excluding hydrogens is 388 g/mol. The van der Waals surface area contributed by atoms with Gasteiger partial charge in [-0.15, -0.1) is 0 Å². The highest BCUT2D eigenvalue weighted by atomic mass is 79.9. The van der Waals surface area contributed by atoms with Crippen molar-refractivity contribution < 1.29 is 4.79 Å². The van der Waals surface area contributed by atoms with Gasteiger partial charge in [0, 0.05) is 40.0 Å². The molecule has 6 heteroatoms. The van der Waals surface area contributed by atoms with Crippen LogP contribution in [0.2, 0.25) is 0 Å². The molecule has 2 aromatic rings. The van der Waals surface area contributed by atoms with Gasteiger partial charge in [-0.3, -0.25) is 9.59 Å². The molecule has 0 atom stereocenters. The quantitative estimate of drug-likeness (QED) is 0.787. The fourth-order valence-electron chi connectivity index (χ4n) is 2.47. The Labute approximate surface area is 155 Å². The normalized spacial score (nSPS) is 11.5. The van der Waals surface area contributed by atoms with Gasteiger partial charge in [0.25, 0.3) is 0 Å². The first-order chi connectivity index (χ1) is 11.2. The summed E-state index contributed by atoms with van der Waals surface area (Å²) in [6, 6.07) is 8.14. The lowest BCUT2D eigenvalue weighted by Crippen LogP contribution is -2.37. The van der Waals surface area contributed by atoms with Crippen LogP contribution in [0.4, 0.5) is 0 Å². The zero-order valence-corrected chi connectivity index (χ0v) is 16.9. The lowest BCUT2D eigenvalue weighted by atomic mass is 9.84. The number of rotatable bonds is 6. The number of hydrogen-bond acceptors (Lipinski definition) is 3. The minimum Gasteiger partial charge on any atom is -0.355 e. The summed E-state index contributed by atoms with van der Waals surface area (Å²) in [4.78, 5) is 25.0. The Kier molecular flexibility index (Phi) is 6.04. The van der Waals surface area contributed by atoms with E-state index >= 15 is 0 Å². The highest BCUT2D eigenvalue weighted by Crippen LogP contribution is 2.24. The van der Waals surface area contributed by atoms with Crippen LogP contribution in [-0.4, -0.2) is 17.0 Å². The number of aryl methyl sites for hydroxylation is 1. The first-order valence-corrected chi connectivity index (χ1v) is 9.51. The highest BCUT2D eigenvalue weighted by Gasteiger charge is 2.21. The van der Waals surface area contributed by atoms with Crippen LogP contribution >= 0.6 is 27.3 Å². The Morgan fingerprint density at radius 1 is 1.25 bits per heavy atom. The zero-order valence-electron chi connectivity index (χ0n) is 14.5. The van der Waals surface area contributed by atoms with Crippen LogP contribution in [0.3, 0.4) is 0 Å². The summed E-state index contributed by atoms with van der Waals surface area (Å²) in [6.45, 7) is 9.05. The SMILES string of the molecule is Cc1sc(=O)n(CCC(=O)NCC(C)(C)c2ccc(Br)cc2)c1C. The van der Waals surface area contributed by atoms with Crippen molar-refractivity contribution in [3.05, 3.63) is 54.5 Å². The van der Waals surface area contributed by atoms with Crippen LogP contribution in [0.25, 0.3) is 0 Å². The average molecular weight is 411 g/mol. The monoisotopic (exact) mass is 410 g/mol. The molecule has 24 heavy (non-hydrogen) atoms. The second-order valence-corrected chi connectivity index (χ2v) is 8.66. The second-order valence-electron chi connectivity index (χ2n) is 6.58. The molecule has 0 saturated carbocycles. The van der Waals surface area contributed by atoms with Gasteiger partial charge in [0.05, 0.1) is 0 Å². The minimum absolute atomic E-state index is 0.00740. The topological polar surface area (TPSA) is 51.1 Å². The summed E-state index contributed by atoms with van der Waals surface area (Å²) in [5.41, 5.74) is 1.97. The van der Waals surface area contributed by atoms with Gasteiger partial charge in [0.1, 0.15) is 0 Å². The lowest BCUT2D eigenvalue weighted by Gasteiger charge is -2.25. The molecule has 2 rings (SSSR count). The Balaban J connectivity index is 1.90. The highest BCUT2D eigenvalue weighted by molar-refractivity contribution is 9.10. The first-order valence-electron chi connectivity index (χ1n) is 7.90. The summed E-state index contributed by atoms with van der Waals surface area (Å²) in [5.74, 6) is -0.0321. The molecule has 0 aliphatic carbocycles. The molecule has 0 fully saturated rings. The maximum absolute atomic E-state index is 12.1. The summed E-state index contributed by atoms with van der Waals surface area (Å²) < 4.78 is 2.72. The number of nitrogens with one attached hydrogen (secondary N) is 1. The van der Waals surface area contributed by atoms with Gasteiger partial charge >= 0.3 is 4.87 Å². The van der Waals surface area contributed by atoms with E-state index in [1.165, 1.54) is 16.9 Å². The lowest BCUT2D eigenvalue weighted by molar-refractivity contribution is -0.121. The van der Waals surface area contributed by atoms with Crippen LogP contribution in [-0.2, 0) is 16.8 Å². The predicted octanol–water partition coefficient (Wildman–Crippen LogP) is 3.77. The van der Waals surface area contributed by atoms with Crippen LogP contribution in [0.15, 0.2) is 33.5 Å². The molecule has 1 aromatic heterocycles. The standard InChI is InChI=1S/C18H23BrN2O2S/c1-12-13(2)24-17(23)21(12)10-9-16(22)20-11-18(3,4)14-5-7-15(19)8-6-14/h5-8H,9-11H2,1-4H3,(H,20,22). The number of amides is 1. The van der Waals surface area contributed by atoms with Gasteiger partial charge in [-0.05, 0) is 31.5 Å². The number of halogens is 1. The average Bonchev–Trinajstić information content (AvgIpc) is 2.76. The summed E-state index contributed by atoms with van der Waals surface area (Å²) in [5, 5.41) is 2.99. The summed E-state index contributed by atoms with van der Waals surface area (Å²) in [7, 11) is 0. The number of hydrogen-bond donors (Lipinski definition) is 1. The third-order valence-corrected chi connectivity index (χ3v) is 5.82. The van der Waals surface area contributed by atoms with Crippen molar-refractivity contribution in [3.8, 4) is 0 Å². The van der Waals surface area contributed by atoms with Gasteiger partial charge in [0.15, 0.2) is 0 Å². The van der Waals surface area contributed by atoms with E-state index < -0.39 is 0 Å². The van der Waals surface area contributed by atoms with E-state index in [-0.39, 0.29) is 16.2 Å². The largest absolute Gasteiger partial charge is 0.355 e. The van der Waals surface area contributed by atoms with E-state index in [1.807, 2.05) is 26.0 Å². The molecule has 1 amide bonds. The van der Waals surface area contributed by atoms with E-state index in [0.29, 0.717) is 19.5 Å². The Morgan fingerprint density at radius 2 is 1.88 bits per heavy atom. The van der Waals surface area contributed by atoms with Crippen LogP contribution in [0.5, 0.6) is 0 Å². The van der Waals surface area contributed by atoms with E-state index in [4.69, 9.17) is 0 Å². The molecule has 0 spiro atoms. The molecule has 1 N–H and O–H groups in total. The number of carbonyl (C=O) groups is 1. The maximum atomic E-state index is 12.1. The fraction of sp³-hybridized carbons (Fsp3) is 0.444. The minimum atomic E-state index is -0.151. The van der Waals surface area contributed by atoms with Crippen molar-refractivity contribution >= 4 is 33.2 Å². The van der Waals surface area contributed by atoms with E-state index in [0.717, 1.165) is 15.0 Å². The van der Waals surface area contributed by atoms with Crippen molar-refractivity contribution in [1.29, 1.82) is 0 Å². The van der Waals surface area contributed by atoms with Gasteiger partial charge in [0.2, 0.25) is 5.91 Å². The molecule has 0 aliphatic rings. The van der Waals surface area contributed by atoms with E-state index in [9.17, 15) is 9.59 Å². The molecule has 0 aliphatic heterocycles. The Hall–Kier alpha value is -1.40. The van der Waals surface area contributed by atoms with Gasteiger partial charge in [-0.1, -0.05) is 53.2 Å². The third kappa shape index (κ3) is 4.57. The number of benzene rings is 1. The summed E-state index contributed by atoms with van der Waals surface area (Å²) in [6.07, 6.45) is 0.313. The Morgan fingerprint density at radius 3 is 2.42 bits per heavy atom. The molecule has 0 unspecified atom stereocenters. The van der Waals surface area contributed by atoms with Crippen LogP contribution in [0.1, 0.15) is 36.4 Å². The van der Waals surface area contributed by atoms with Crippen LogP contribution in [0, 0.1) is 13.8 Å². The number of carbonyl (C=O) groups excluding carboxylic acids is 1. The van der Waals surface area contributed by atoms with Crippen LogP contribution < -0.4 is 10.2 Å². The molecule has 0 radical (unpaired) electrons. The van der Waals surface area contributed by atoms with E-state index in [1.54, 1.807) is 4.57 Å². The molecular formula is C18H23BrN2O2S. The molecule has 130 valence electrons. The van der Waals surface area contributed by atoms with Crippen molar-refractivity contribution in [3.63, 3.8) is 0 Å². The maximum Gasteiger partial charge on any atom is 0.307 e. The fourth-order valence-corrected chi connectivity index (χ4v) is 3.59. The van der Waals surface area contributed by atoms with Gasteiger partial charge < -0.3 is 9.88 Å². The smallest absolute Gasteiger partial charge is 0.307 e. The van der Waals surface area contributed by atoms with Crippen molar-refractivity contribution in [2.45, 2.75) is 46.1 Å². The number of nitrogens with zero attached hydrogens (tertiary/aromatic N) is 1. The number of thiazole rings is 1. The van der Waals surface area contributed by atoms with Gasteiger partial charge in [-0.25, -0.2) is 0 Å². The van der Waals surface area contributed by atoms with Crippen molar-refractivity contribution in [2.75, 3.05) is 6.54 Å². The molecule has 0 saturated heterocycles. The Bertz CT molecular complexity index is 775. The van der Waals surface area contributed by atoms with Crippen molar-refractivity contribution in [2.24, 2.45) is 0 Å². The third-order valence-electron chi connectivity index (χ3n) is 4.29. The molecule has 1 aromatic carbocycles. The van der Waals surface area contributed by atoms with Gasteiger partial charge in [-0.2, -0.15) is 0 Å². The second kappa shape index (κ2) is 7.66. The van der Waals surface area contributed by atoms with E-state index in [2.05, 4.69) is 47.2 Å². The zero-order chi connectivity index (χ0) is 17.9. The first kappa shape index (κ1) is 18.9. The predicted molar refractivity (Wildman–Crippen MR) is 103 cm³/mol. The summed E-state index contributed by atoms with van der Waals surface area (Å²) >= 11 is 4.67. The van der Waals surface area contributed by atoms with Crippen molar-refractivity contribution in [1.82, 2.24) is 9.88 Å². The number of aromatic nitrogens is 1. The molecule has 0 bridgehead atoms. The molecule has 4 nitrogen and oxygen atoms in total.